The van der Waals surface area contributed by atoms with Crippen molar-refractivity contribution in [3.63, 3.8) is 0 Å². The number of likely N-dealkylation sites (tertiary alicyclic amines) is 1. The highest BCUT2D eigenvalue weighted by Gasteiger charge is 2.23. The standard InChI is InChI=1S/C26H26FN3O4S/c1-17-8-13-21(35(33,34)29-20-11-9-19(27)10-12-20)16-23(17)25(31)28-24-7-5-6-22(18(24)2)26(32)30-14-3-4-15-30/h5-13,16,29H,3-4,14-15H2,1-2H3,(H,28,31). The molecule has 182 valence electrons. The number of nitrogens with one attached hydrogen (secondary N) is 2. The molecule has 0 aromatic heterocycles. The van der Waals surface area contributed by atoms with Crippen molar-refractivity contribution in [1.29, 1.82) is 0 Å². The van der Waals surface area contributed by atoms with Crippen LogP contribution < -0.4 is 10.0 Å². The fraction of sp³-hybridized carbons (Fsp3) is 0.231. The lowest BCUT2D eigenvalue weighted by Gasteiger charge is -2.18. The van der Waals surface area contributed by atoms with Gasteiger partial charge in [-0.1, -0.05) is 12.1 Å². The van der Waals surface area contributed by atoms with Crippen LogP contribution >= 0.6 is 0 Å². The number of hydrogen-bond donors (Lipinski definition) is 2. The Hall–Kier alpha value is -3.72. The molecule has 0 aliphatic carbocycles. The van der Waals surface area contributed by atoms with Crippen molar-refractivity contribution < 1.29 is 22.4 Å². The fourth-order valence-electron chi connectivity index (χ4n) is 4.03. The normalized spacial score (nSPS) is 13.5. The Kier molecular flexibility index (Phi) is 6.88. The monoisotopic (exact) mass is 495 g/mol. The zero-order valence-corrected chi connectivity index (χ0v) is 20.3. The summed E-state index contributed by atoms with van der Waals surface area (Å²) in [6.45, 7) is 4.93. The molecule has 1 heterocycles. The van der Waals surface area contributed by atoms with E-state index in [4.69, 9.17) is 0 Å². The smallest absolute Gasteiger partial charge is 0.261 e. The molecule has 0 atom stereocenters. The predicted molar refractivity (Wildman–Crippen MR) is 133 cm³/mol. The SMILES string of the molecule is Cc1ccc(S(=O)(=O)Nc2ccc(F)cc2)cc1C(=O)Nc1cccc(C(=O)N2CCCC2)c1C. The molecule has 4 rings (SSSR count). The van der Waals surface area contributed by atoms with Gasteiger partial charge in [0.25, 0.3) is 21.8 Å². The summed E-state index contributed by atoms with van der Waals surface area (Å²) in [5.41, 5.74) is 2.64. The third-order valence-electron chi connectivity index (χ3n) is 6.07. The lowest BCUT2D eigenvalue weighted by atomic mass is 10.0. The van der Waals surface area contributed by atoms with Crippen LogP contribution in [0.1, 0.15) is 44.7 Å². The molecular weight excluding hydrogens is 469 g/mol. The molecule has 0 unspecified atom stereocenters. The molecule has 35 heavy (non-hydrogen) atoms. The Balaban J connectivity index is 1.57. The number of rotatable bonds is 6. The van der Waals surface area contributed by atoms with Crippen LogP contribution in [-0.4, -0.2) is 38.2 Å². The van der Waals surface area contributed by atoms with E-state index in [1.54, 1.807) is 43.0 Å². The van der Waals surface area contributed by atoms with Crippen LogP contribution in [0, 0.1) is 19.7 Å². The third kappa shape index (κ3) is 5.35. The minimum absolute atomic E-state index is 0.0627. The number of sulfonamides is 1. The van der Waals surface area contributed by atoms with Crippen LogP contribution in [0.4, 0.5) is 15.8 Å². The van der Waals surface area contributed by atoms with E-state index in [2.05, 4.69) is 10.0 Å². The zero-order valence-electron chi connectivity index (χ0n) is 19.5. The molecular formula is C26H26FN3O4S. The second-order valence-corrected chi connectivity index (χ2v) is 10.2. The fourth-order valence-corrected chi connectivity index (χ4v) is 5.11. The maximum absolute atomic E-state index is 13.1. The minimum atomic E-state index is -4.01. The number of nitrogens with zero attached hydrogens (tertiary/aromatic N) is 1. The molecule has 1 fully saturated rings. The molecule has 1 saturated heterocycles. The van der Waals surface area contributed by atoms with Gasteiger partial charge in [0.1, 0.15) is 5.82 Å². The third-order valence-corrected chi connectivity index (χ3v) is 7.45. The van der Waals surface area contributed by atoms with E-state index in [1.165, 1.54) is 24.3 Å². The zero-order chi connectivity index (χ0) is 25.2. The topological polar surface area (TPSA) is 95.6 Å². The molecule has 2 amide bonds. The van der Waals surface area contributed by atoms with E-state index in [9.17, 15) is 22.4 Å². The molecule has 1 aliphatic heterocycles. The predicted octanol–water partition coefficient (Wildman–Crippen LogP) is 4.73. The van der Waals surface area contributed by atoms with Crippen molar-refractivity contribution in [1.82, 2.24) is 4.90 Å². The second kappa shape index (κ2) is 9.87. The minimum Gasteiger partial charge on any atom is -0.339 e. The number of carbonyl (C=O) groups is 2. The molecule has 0 radical (unpaired) electrons. The summed E-state index contributed by atoms with van der Waals surface area (Å²) in [5, 5.41) is 2.82. The van der Waals surface area contributed by atoms with Gasteiger partial charge < -0.3 is 10.2 Å². The number of halogens is 1. The maximum Gasteiger partial charge on any atom is 0.261 e. The molecule has 3 aromatic rings. The molecule has 9 heteroatoms. The summed E-state index contributed by atoms with van der Waals surface area (Å²) in [5.74, 6) is -1.04. The van der Waals surface area contributed by atoms with Gasteiger partial charge in [-0.15, -0.1) is 0 Å². The number of benzene rings is 3. The van der Waals surface area contributed by atoms with Crippen LogP contribution in [0.2, 0.25) is 0 Å². The number of hydrogen-bond acceptors (Lipinski definition) is 4. The van der Waals surface area contributed by atoms with E-state index in [0.717, 1.165) is 38.1 Å². The molecule has 2 N–H and O–H groups in total. The van der Waals surface area contributed by atoms with Gasteiger partial charge in [0, 0.05) is 35.6 Å². The highest BCUT2D eigenvalue weighted by molar-refractivity contribution is 7.92. The quantitative estimate of drug-likeness (QED) is 0.517. The second-order valence-electron chi connectivity index (χ2n) is 8.52. The van der Waals surface area contributed by atoms with E-state index < -0.39 is 21.7 Å². The molecule has 0 bridgehead atoms. The molecule has 0 saturated carbocycles. The van der Waals surface area contributed by atoms with Gasteiger partial charge in [0.05, 0.1) is 4.90 Å². The summed E-state index contributed by atoms with van der Waals surface area (Å²) >= 11 is 0. The van der Waals surface area contributed by atoms with Crippen LogP contribution in [0.25, 0.3) is 0 Å². The van der Waals surface area contributed by atoms with Crippen molar-refractivity contribution in [3.05, 3.63) is 88.7 Å². The Morgan fingerprint density at radius 3 is 2.29 bits per heavy atom. The number of amides is 2. The Labute approximate surface area is 204 Å². The van der Waals surface area contributed by atoms with Gasteiger partial charge in [-0.2, -0.15) is 0 Å². The summed E-state index contributed by atoms with van der Waals surface area (Å²) in [6, 6.07) is 14.3. The molecule has 0 spiro atoms. The van der Waals surface area contributed by atoms with Crippen molar-refractivity contribution in [3.8, 4) is 0 Å². The van der Waals surface area contributed by atoms with E-state index in [-0.39, 0.29) is 22.1 Å². The number of anilines is 2. The van der Waals surface area contributed by atoms with Crippen molar-refractivity contribution >= 4 is 33.2 Å². The highest BCUT2D eigenvalue weighted by atomic mass is 32.2. The lowest BCUT2D eigenvalue weighted by molar-refractivity contribution is 0.0791. The van der Waals surface area contributed by atoms with E-state index in [1.807, 2.05) is 0 Å². The van der Waals surface area contributed by atoms with Gasteiger partial charge in [-0.3, -0.25) is 14.3 Å². The Bertz CT molecular complexity index is 1380. The molecule has 1 aliphatic rings. The highest BCUT2D eigenvalue weighted by Crippen LogP contribution is 2.25. The van der Waals surface area contributed by atoms with Crippen LogP contribution in [0.15, 0.2) is 65.6 Å². The van der Waals surface area contributed by atoms with E-state index in [0.29, 0.717) is 22.4 Å². The molecule has 3 aromatic carbocycles. The van der Waals surface area contributed by atoms with Crippen molar-refractivity contribution in [2.75, 3.05) is 23.1 Å². The van der Waals surface area contributed by atoms with Crippen molar-refractivity contribution in [2.45, 2.75) is 31.6 Å². The summed E-state index contributed by atoms with van der Waals surface area (Å²) < 4.78 is 41.2. The van der Waals surface area contributed by atoms with Gasteiger partial charge in [0.15, 0.2) is 0 Å². The van der Waals surface area contributed by atoms with Gasteiger partial charge in [-0.25, -0.2) is 12.8 Å². The maximum atomic E-state index is 13.1. The Morgan fingerprint density at radius 2 is 1.60 bits per heavy atom. The Morgan fingerprint density at radius 1 is 0.914 bits per heavy atom. The average molecular weight is 496 g/mol. The lowest BCUT2D eigenvalue weighted by Crippen LogP contribution is -2.28. The summed E-state index contributed by atoms with van der Waals surface area (Å²) in [4.78, 5) is 27.7. The first-order chi connectivity index (χ1) is 16.7. The number of carbonyl (C=O) groups excluding carboxylic acids is 2. The van der Waals surface area contributed by atoms with Crippen molar-refractivity contribution in [2.24, 2.45) is 0 Å². The number of aryl methyl sites for hydroxylation is 1. The first-order valence-electron chi connectivity index (χ1n) is 11.2. The van der Waals surface area contributed by atoms with Crippen LogP contribution in [0.5, 0.6) is 0 Å². The van der Waals surface area contributed by atoms with Gasteiger partial charge in [0.2, 0.25) is 0 Å². The first-order valence-corrected chi connectivity index (χ1v) is 12.7. The van der Waals surface area contributed by atoms with Crippen LogP contribution in [-0.2, 0) is 10.0 Å². The van der Waals surface area contributed by atoms with Gasteiger partial charge >= 0.3 is 0 Å². The first kappa shape index (κ1) is 24.4. The van der Waals surface area contributed by atoms with Crippen LogP contribution in [0.3, 0.4) is 0 Å². The molecule has 7 nitrogen and oxygen atoms in total. The van der Waals surface area contributed by atoms with Gasteiger partial charge in [-0.05, 0) is 86.3 Å². The largest absolute Gasteiger partial charge is 0.339 e. The average Bonchev–Trinajstić information content (AvgIpc) is 3.36. The van der Waals surface area contributed by atoms with E-state index >= 15 is 0 Å². The summed E-state index contributed by atoms with van der Waals surface area (Å²) in [6.07, 6.45) is 1.96. The summed E-state index contributed by atoms with van der Waals surface area (Å²) in [7, 11) is -4.01.